The van der Waals surface area contributed by atoms with Crippen LogP contribution >= 0.6 is 0 Å². The van der Waals surface area contributed by atoms with E-state index in [1.807, 2.05) is 0 Å². The molecule has 3 heteroatoms. The minimum absolute atomic E-state index is 0. The van der Waals surface area contributed by atoms with E-state index in [4.69, 9.17) is 0 Å². The van der Waals surface area contributed by atoms with Crippen molar-refractivity contribution < 1.29 is 50.7 Å². The first-order valence-corrected chi connectivity index (χ1v) is 8.68. The summed E-state index contributed by atoms with van der Waals surface area (Å²) in [5.41, 5.74) is 7.03. The van der Waals surface area contributed by atoms with E-state index in [2.05, 4.69) is 91.1 Å². The molecule has 0 aliphatic heterocycles. The van der Waals surface area contributed by atoms with Crippen molar-refractivity contribution in [3.63, 3.8) is 0 Å². The second-order valence-corrected chi connectivity index (χ2v) is 6.75. The summed E-state index contributed by atoms with van der Waals surface area (Å²) < 4.78 is 0. The van der Waals surface area contributed by atoms with Crippen LogP contribution < -0.4 is 24.8 Å². The topological polar surface area (TPSA) is 0 Å². The second-order valence-electron chi connectivity index (χ2n) is 6.75. The molecule has 2 aromatic carbocycles. The van der Waals surface area contributed by atoms with Gasteiger partial charge in [0.2, 0.25) is 0 Å². The summed E-state index contributed by atoms with van der Waals surface area (Å²) in [6.45, 7) is 0. The van der Waals surface area contributed by atoms with E-state index in [1.165, 1.54) is 33.7 Å². The number of hydrogen-bond donors (Lipinski definition) is 0. The SMILES string of the molecule is C1=C[C-](C2C=Cc3ccccc32)CC=C1C1C=Cc2ccccc21.[Cl-].[Cl-].[Hf]. The van der Waals surface area contributed by atoms with Gasteiger partial charge in [0.05, 0.1) is 0 Å². The van der Waals surface area contributed by atoms with Crippen LogP contribution in [0, 0.1) is 5.92 Å². The van der Waals surface area contributed by atoms with Gasteiger partial charge in [-0.1, -0.05) is 79.3 Å². The average Bonchev–Trinajstić information content (AvgIpc) is 3.26. The van der Waals surface area contributed by atoms with Gasteiger partial charge in [0.1, 0.15) is 0 Å². The summed E-state index contributed by atoms with van der Waals surface area (Å²) in [5.74, 6) is 2.36. The molecule has 5 rings (SSSR count). The number of allylic oxidation sites excluding steroid dienone is 6. The zero-order valence-corrected chi connectivity index (χ0v) is 19.9. The van der Waals surface area contributed by atoms with Crippen LogP contribution in [0.4, 0.5) is 0 Å². The maximum atomic E-state index is 2.42. The summed E-state index contributed by atoms with van der Waals surface area (Å²) >= 11 is 0. The maximum Gasteiger partial charge on any atom is 0.0111 e. The van der Waals surface area contributed by atoms with Crippen LogP contribution in [0.15, 0.2) is 84.5 Å². The molecule has 0 fully saturated rings. The van der Waals surface area contributed by atoms with Gasteiger partial charge in [-0.2, -0.15) is 0 Å². The summed E-state index contributed by atoms with van der Waals surface area (Å²) in [6.07, 6.45) is 17.3. The summed E-state index contributed by atoms with van der Waals surface area (Å²) in [6, 6.07) is 17.5. The van der Waals surface area contributed by atoms with Crippen LogP contribution in [0.25, 0.3) is 12.2 Å². The number of fused-ring (bicyclic) bond motifs is 2. The van der Waals surface area contributed by atoms with E-state index < -0.39 is 0 Å². The Morgan fingerprint density at radius 3 is 2.07 bits per heavy atom. The molecule has 0 aromatic heterocycles. The molecular weight excluding hydrogens is 538 g/mol. The molecule has 3 aliphatic rings. The minimum atomic E-state index is 0. The average molecular weight is 557 g/mol. The van der Waals surface area contributed by atoms with Crippen LogP contribution in [-0.4, -0.2) is 0 Å². The molecule has 0 nitrogen and oxygen atoms in total. The van der Waals surface area contributed by atoms with E-state index in [0.29, 0.717) is 11.8 Å². The van der Waals surface area contributed by atoms with Crippen LogP contribution in [0.3, 0.4) is 0 Å². The van der Waals surface area contributed by atoms with Gasteiger partial charge in [-0.15, -0.1) is 11.6 Å². The third-order valence-electron chi connectivity index (χ3n) is 5.42. The van der Waals surface area contributed by atoms with Crippen molar-refractivity contribution >= 4 is 12.2 Å². The molecule has 0 amide bonds. The quantitative estimate of drug-likeness (QED) is 0.363. The van der Waals surface area contributed by atoms with E-state index in [-0.39, 0.29) is 50.7 Å². The predicted molar refractivity (Wildman–Crippen MR) is 102 cm³/mol. The van der Waals surface area contributed by atoms with Crippen molar-refractivity contribution in [1.29, 1.82) is 0 Å². The molecule has 2 atom stereocenters. The largest absolute Gasteiger partial charge is 1.00 e. The molecule has 0 saturated carbocycles. The number of rotatable bonds is 2. The molecule has 136 valence electrons. The first-order chi connectivity index (χ1) is 11.9. The third-order valence-corrected chi connectivity index (χ3v) is 5.42. The molecule has 2 aromatic rings. The maximum absolute atomic E-state index is 2.42. The van der Waals surface area contributed by atoms with Crippen molar-refractivity contribution in [3.05, 3.63) is 113 Å². The molecule has 0 radical (unpaired) electrons. The Morgan fingerprint density at radius 2 is 1.37 bits per heavy atom. The van der Waals surface area contributed by atoms with E-state index in [0.717, 1.165) is 6.42 Å². The van der Waals surface area contributed by atoms with E-state index in [1.54, 1.807) is 0 Å². The van der Waals surface area contributed by atoms with Crippen LogP contribution in [-0.2, 0) is 25.8 Å². The summed E-state index contributed by atoms with van der Waals surface area (Å²) in [7, 11) is 0. The van der Waals surface area contributed by atoms with Gasteiger partial charge in [0.15, 0.2) is 0 Å². The predicted octanol–water partition coefficient (Wildman–Crippen LogP) is 0.0739. The smallest absolute Gasteiger partial charge is 0.0111 e. The summed E-state index contributed by atoms with van der Waals surface area (Å²) in [4.78, 5) is 0. The van der Waals surface area contributed by atoms with Crippen LogP contribution in [0.1, 0.15) is 40.5 Å². The van der Waals surface area contributed by atoms with Crippen LogP contribution in [0.5, 0.6) is 0 Å². The Labute approximate surface area is 192 Å². The van der Waals surface area contributed by atoms with Crippen molar-refractivity contribution in [3.8, 4) is 0 Å². The first-order valence-electron chi connectivity index (χ1n) is 8.68. The van der Waals surface area contributed by atoms with Crippen molar-refractivity contribution in [2.24, 2.45) is 0 Å². The molecule has 0 spiro atoms. The monoisotopic (exact) mass is 557 g/mol. The van der Waals surface area contributed by atoms with Gasteiger partial charge in [-0.05, 0) is 28.2 Å². The first kappa shape index (κ1) is 22.0. The van der Waals surface area contributed by atoms with Gasteiger partial charge >= 0.3 is 0 Å². The summed E-state index contributed by atoms with van der Waals surface area (Å²) in [5, 5.41) is 0. The molecule has 0 bridgehead atoms. The van der Waals surface area contributed by atoms with Crippen molar-refractivity contribution in [2.75, 3.05) is 0 Å². The Kier molecular flexibility index (Phi) is 7.56. The fraction of sp³-hybridized carbons (Fsp3) is 0.125. The van der Waals surface area contributed by atoms with Gasteiger partial charge in [0.25, 0.3) is 0 Å². The van der Waals surface area contributed by atoms with Gasteiger partial charge in [0, 0.05) is 31.8 Å². The molecular formula is C24H19Cl2Hf-3. The van der Waals surface area contributed by atoms with Gasteiger partial charge < -0.3 is 24.8 Å². The number of hydrogen-bond acceptors (Lipinski definition) is 0. The molecule has 0 heterocycles. The molecule has 27 heavy (non-hydrogen) atoms. The number of halogens is 2. The van der Waals surface area contributed by atoms with Crippen LogP contribution in [0.2, 0.25) is 0 Å². The Hall–Kier alpha value is -1.28. The van der Waals surface area contributed by atoms with Crippen molar-refractivity contribution in [2.45, 2.75) is 18.3 Å². The molecule has 0 N–H and O–H groups in total. The zero-order chi connectivity index (χ0) is 15.9. The fourth-order valence-corrected chi connectivity index (χ4v) is 4.15. The molecule has 3 aliphatic carbocycles. The van der Waals surface area contributed by atoms with Gasteiger partial charge in [-0.3, -0.25) is 0 Å². The normalized spacial score (nSPS) is 20.7. The number of benzene rings is 2. The molecule has 0 saturated heterocycles. The Balaban J connectivity index is 0.000000871. The second kappa shape index (κ2) is 9.28. The van der Waals surface area contributed by atoms with Gasteiger partial charge in [-0.25, -0.2) is 18.1 Å². The standard InChI is InChI=1S/C24H19.2ClH.Hf/c1-3-7-21-17(5-1)13-15-23(21)19-9-11-20(12-10-19)24-16-14-18-6-2-4-8-22(18)24;;;/h1-11,13-16,23-24H,12H2;2*1H;/q-1;;;/p-2. The minimum Gasteiger partial charge on any atom is -1.00 e. The zero-order valence-electron chi connectivity index (χ0n) is 14.8. The van der Waals surface area contributed by atoms with E-state index in [9.17, 15) is 0 Å². The third kappa shape index (κ3) is 3.97. The van der Waals surface area contributed by atoms with E-state index >= 15 is 0 Å². The molecule has 2 unspecified atom stereocenters. The van der Waals surface area contributed by atoms with Crippen molar-refractivity contribution in [1.82, 2.24) is 0 Å². The Bertz CT molecular complexity index is 923. The fourth-order valence-electron chi connectivity index (χ4n) is 4.15. The Morgan fingerprint density at radius 1 is 0.741 bits per heavy atom.